The lowest BCUT2D eigenvalue weighted by atomic mass is 10.2. The number of anilines is 1. The summed E-state index contributed by atoms with van der Waals surface area (Å²) in [7, 11) is -3.65. The van der Waals surface area contributed by atoms with Gasteiger partial charge < -0.3 is 10.1 Å². The number of sulfonamides is 1. The van der Waals surface area contributed by atoms with Gasteiger partial charge in [0.2, 0.25) is 15.9 Å². The second-order valence-electron chi connectivity index (χ2n) is 6.79. The Morgan fingerprint density at radius 2 is 1.93 bits per heavy atom. The van der Waals surface area contributed by atoms with Gasteiger partial charge in [0, 0.05) is 11.6 Å². The Kier molecular flexibility index (Phi) is 7.32. The molecular formula is C20H25ClN2O4S. The van der Waals surface area contributed by atoms with Gasteiger partial charge >= 0.3 is 0 Å². The summed E-state index contributed by atoms with van der Waals surface area (Å²) in [6.07, 6.45) is 1.11. The van der Waals surface area contributed by atoms with E-state index in [4.69, 9.17) is 16.3 Å². The van der Waals surface area contributed by atoms with Crippen LogP contribution in [0.4, 0.5) is 5.69 Å². The predicted molar refractivity (Wildman–Crippen MR) is 112 cm³/mol. The Morgan fingerprint density at radius 3 is 2.54 bits per heavy atom. The number of nitrogens with zero attached hydrogens (tertiary/aromatic N) is 1. The van der Waals surface area contributed by atoms with E-state index in [0.29, 0.717) is 16.5 Å². The molecule has 152 valence electrons. The monoisotopic (exact) mass is 424 g/mol. The first-order valence-corrected chi connectivity index (χ1v) is 11.0. The fraction of sp³-hybridized carbons (Fsp3) is 0.350. The zero-order valence-electron chi connectivity index (χ0n) is 16.4. The van der Waals surface area contributed by atoms with E-state index in [-0.39, 0.29) is 19.2 Å². The summed E-state index contributed by atoms with van der Waals surface area (Å²) in [6, 6.07) is 12.3. The lowest BCUT2D eigenvalue weighted by molar-refractivity contribution is -0.119. The molecule has 0 saturated heterocycles. The van der Waals surface area contributed by atoms with Gasteiger partial charge in [-0.15, -0.1) is 0 Å². The second-order valence-corrected chi connectivity index (χ2v) is 9.11. The molecule has 1 amide bonds. The van der Waals surface area contributed by atoms with Crippen LogP contribution in [0.25, 0.3) is 0 Å². The Hall–Kier alpha value is -2.25. The molecule has 8 heteroatoms. The van der Waals surface area contributed by atoms with E-state index in [2.05, 4.69) is 5.32 Å². The highest BCUT2D eigenvalue weighted by atomic mass is 35.5. The number of aryl methyl sites for hydroxylation is 1. The Morgan fingerprint density at radius 1 is 1.21 bits per heavy atom. The molecule has 0 radical (unpaired) electrons. The first kappa shape index (κ1) is 22.0. The molecule has 0 aliphatic rings. The van der Waals surface area contributed by atoms with E-state index < -0.39 is 15.9 Å². The van der Waals surface area contributed by atoms with Crippen molar-refractivity contribution in [1.82, 2.24) is 5.32 Å². The molecule has 0 atom stereocenters. The number of benzene rings is 2. The highest BCUT2D eigenvalue weighted by Gasteiger charge is 2.21. The summed E-state index contributed by atoms with van der Waals surface area (Å²) in [5.41, 5.74) is 2.03. The SMILES string of the molecule is Cc1ccc(N(CC(=O)NCc2cccc(OC(C)C)c2)S(C)(=O)=O)cc1Cl. The van der Waals surface area contributed by atoms with Crippen LogP contribution in [0.1, 0.15) is 25.0 Å². The van der Waals surface area contributed by atoms with Crippen LogP contribution in [-0.2, 0) is 21.4 Å². The third-order valence-electron chi connectivity index (χ3n) is 3.89. The summed E-state index contributed by atoms with van der Waals surface area (Å²) in [6.45, 7) is 5.62. The van der Waals surface area contributed by atoms with Gasteiger partial charge in [0.25, 0.3) is 0 Å². The summed E-state index contributed by atoms with van der Waals surface area (Å²) in [5, 5.41) is 3.18. The van der Waals surface area contributed by atoms with Crippen LogP contribution in [0.5, 0.6) is 5.75 Å². The van der Waals surface area contributed by atoms with Gasteiger partial charge in [-0.25, -0.2) is 8.42 Å². The lowest BCUT2D eigenvalue weighted by Crippen LogP contribution is -2.40. The molecule has 0 aliphatic carbocycles. The minimum Gasteiger partial charge on any atom is -0.491 e. The number of halogens is 1. The molecule has 0 fully saturated rings. The smallest absolute Gasteiger partial charge is 0.241 e. The fourth-order valence-electron chi connectivity index (χ4n) is 2.52. The van der Waals surface area contributed by atoms with Crippen LogP contribution in [0.2, 0.25) is 5.02 Å². The average Bonchev–Trinajstić information content (AvgIpc) is 2.59. The normalized spacial score (nSPS) is 11.4. The van der Waals surface area contributed by atoms with Crippen molar-refractivity contribution >= 4 is 33.2 Å². The molecule has 0 saturated carbocycles. The Labute approximate surface area is 171 Å². The first-order chi connectivity index (χ1) is 13.1. The van der Waals surface area contributed by atoms with Gasteiger partial charge in [-0.2, -0.15) is 0 Å². The standard InChI is InChI=1S/C20H25ClN2O4S/c1-14(2)27-18-7-5-6-16(10-18)12-22-20(24)13-23(28(4,25)26)17-9-8-15(3)19(21)11-17/h5-11,14H,12-13H2,1-4H3,(H,22,24). The number of hydrogen-bond donors (Lipinski definition) is 1. The van der Waals surface area contributed by atoms with E-state index in [0.717, 1.165) is 21.7 Å². The number of nitrogens with one attached hydrogen (secondary N) is 1. The molecule has 28 heavy (non-hydrogen) atoms. The largest absolute Gasteiger partial charge is 0.491 e. The Bertz CT molecular complexity index is 945. The fourth-order valence-corrected chi connectivity index (χ4v) is 3.55. The second kappa shape index (κ2) is 9.30. The van der Waals surface area contributed by atoms with E-state index in [1.54, 1.807) is 12.1 Å². The van der Waals surface area contributed by atoms with Crippen molar-refractivity contribution < 1.29 is 17.9 Å². The maximum absolute atomic E-state index is 12.4. The Balaban J connectivity index is 2.07. The third kappa shape index (κ3) is 6.42. The van der Waals surface area contributed by atoms with Crippen LogP contribution in [-0.4, -0.2) is 33.2 Å². The highest BCUT2D eigenvalue weighted by molar-refractivity contribution is 7.92. The molecule has 1 N–H and O–H groups in total. The average molecular weight is 425 g/mol. The molecule has 2 aromatic rings. The predicted octanol–water partition coefficient (Wildman–Crippen LogP) is 3.52. The number of hydrogen-bond acceptors (Lipinski definition) is 4. The minimum atomic E-state index is -3.65. The van der Waals surface area contributed by atoms with Crippen molar-refractivity contribution in [3.63, 3.8) is 0 Å². The van der Waals surface area contributed by atoms with E-state index in [1.165, 1.54) is 6.07 Å². The van der Waals surface area contributed by atoms with E-state index in [1.807, 2.05) is 45.0 Å². The number of amides is 1. The number of carbonyl (C=O) groups excluding carboxylic acids is 1. The number of carbonyl (C=O) groups is 1. The van der Waals surface area contributed by atoms with Crippen molar-refractivity contribution in [3.05, 3.63) is 58.6 Å². The molecule has 0 unspecified atom stereocenters. The molecule has 0 heterocycles. The maximum Gasteiger partial charge on any atom is 0.241 e. The van der Waals surface area contributed by atoms with Crippen LogP contribution in [0, 0.1) is 6.92 Å². The van der Waals surface area contributed by atoms with Crippen LogP contribution >= 0.6 is 11.6 Å². The van der Waals surface area contributed by atoms with Crippen molar-refractivity contribution in [2.24, 2.45) is 0 Å². The lowest BCUT2D eigenvalue weighted by Gasteiger charge is -2.22. The van der Waals surface area contributed by atoms with Gasteiger partial charge in [-0.3, -0.25) is 9.10 Å². The quantitative estimate of drug-likeness (QED) is 0.703. The zero-order chi connectivity index (χ0) is 20.9. The van der Waals surface area contributed by atoms with Gasteiger partial charge in [0.1, 0.15) is 12.3 Å². The molecule has 0 aromatic heterocycles. The number of ether oxygens (including phenoxy) is 1. The summed E-state index contributed by atoms with van der Waals surface area (Å²) < 4.78 is 31.0. The molecular weight excluding hydrogens is 400 g/mol. The zero-order valence-corrected chi connectivity index (χ0v) is 18.0. The van der Waals surface area contributed by atoms with Crippen molar-refractivity contribution in [2.75, 3.05) is 17.1 Å². The highest BCUT2D eigenvalue weighted by Crippen LogP contribution is 2.24. The third-order valence-corrected chi connectivity index (χ3v) is 5.44. The molecule has 6 nitrogen and oxygen atoms in total. The maximum atomic E-state index is 12.4. The van der Waals surface area contributed by atoms with Crippen molar-refractivity contribution in [1.29, 1.82) is 0 Å². The van der Waals surface area contributed by atoms with Gasteiger partial charge in [0.05, 0.1) is 18.0 Å². The summed E-state index contributed by atoms with van der Waals surface area (Å²) >= 11 is 6.10. The first-order valence-electron chi connectivity index (χ1n) is 8.82. The van der Waals surface area contributed by atoms with Gasteiger partial charge in [0.15, 0.2) is 0 Å². The summed E-state index contributed by atoms with van der Waals surface area (Å²) in [4.78, 5) is 12.4. The topological polar surface area (TPSA) is 75.7 Å². The van der Waals surface area contributed by atoms with E-state index >= 15 is 0 Å². The molecule has 0 aliphatic heterocycles. The number of rotatable bonds is 8. The van der Waals surface area contributed by atoms with Crippen molar-refractivity contribution in [3.8, 4) is 5.75 Å². The molecule has 2 aromatic carbocycles. The molecule has 0 bridgehead atoms. The van der Waals surface area contributed by atoms with Gasteiger partial charge in [-0.1, -0.05) is 29.8 Å². The van der Waals surface area contributed by atoms with Crippen LogP contribution < -0.4 is 14.4 Å². The van der Waals surface area contributed by atoms with Crippen molar-refractivity contribution in [2.45, 2.75) is 33.4 Å². The minimum absolute atomic E-state index is 0.0505. The van der Waals surface area contributed by atoms with E-state index in [9.17, 15) is 13.2 Å². The summed E-state index contributed by atoms with van der Waals surface area (Å²) in [5.74, 6) is 0.297. The molecule has 0 spiro atoms. The van der Waals surface area contributed by atoms with Crippen LogP contribution in [0.15, 0.2) is 42.5 Å². The van der Waals surface area contributed by atoms with Crippen LogP contribution in [0.3, 0.4) is 0 Å². The molecule has 2 rings (SSSR count). The van der Waals surface area contributed by atoms with Gasteiger partial charge in [-0.05, 0) is 56.2 Å².